The predicted molar refractivity (Wildman–Crippen MR) is 75.0 cm³/mol. The zero-order valence-electron chi connectivity index (χ0n) is 10.2. The lowest BCUT2D eigenvalue weighted by molar-refractivity contribution is -0.384. The topological polar surface area (TPSA) is 81.5 Å². The molecule has 0 atom stereocenters. The monoisotopic (exact) mass is 290 g/mol. The third-order valence-corrected chi connectivity index (χ3v) is 3.31. The lowest BCUT2D eigenvalue weighted by Gasteiger charge is -2.07. The van der Waals surface area contributed by atoms with Crippen LogP contribution in [0.5, 0.6) is 0 Å². The van der Waals surface area contributed by atoms with Gasteiger partial charge in [-0.1, -0.05) is 18.7 Å². The second kappa shape index (κ2) is 5.98. The molecule has 1 N–H and O–H groups in total. The first kappa shape index (κ1) is 13.8. The minimum atomic E-state index is -0.716. The van der Waals surface area contributed by atoms with Crippen molar-refractivity contribution in [3.63, 3.8) is 0 Å². The van der Waals surface area contributed by atoms with Crippen molar-refractivity contribution in [2.24, 2.45) is 0 Å². The Hall–Kier alpha value is -2.67. The van der Waals surface area contributed by atoms with Crippen LogP contribution >= 0.6 is 11.3 Å². The van der Waals surface area contributed by atoms with E-state index in [1.165, 1.54) is 29.5 Å². The van der Waals surface area contributed by atoms with Crippen LogP contribution in [0.3, 0.4) is 0 Å². The normalized spacial score (nSPS) is 9.80. The van der Waals surface area contributed by atoms with Crippen LogP contribution in [-0.2, 0) is 4.84 Å². The van der Waals surface area contributed by atoms with E-state index in [4.69, 9.17) is 4.84 Å². The molecule has 0 aliphatic rings. The number of thiophene rings is 1. The van der Waals surface area contributed by atoms with E-state index in [-0.39, 0.29) is 11.3 Å². The van der Waals surface area contributed by atoms with E-state index in [2.05, 4.69) is 12.1 Å². The molecular weight excluding hydrogens is 280 g/mol. The van der Waals surface area contributed by atoms with Crippen molar-refractivity contribution in [1.29, 1.82) is 0 Å². The summed E-state index contributed by atoms with van der Waals surface area (Å²) in [6.07, 6.45) is 0. The Balaban J connectivity index is 2.00. The van der Waals surface area contributed by atoms with Crippen LogP contribution in [-0.4, -0.2) is 10.9 Å². The van der Waals surface area contributed by atoms with Gasteiger partial charge < -0.3 is 4.84 Å². The molecule has 0 unspecified atom stereocenters. The van der Waals surface area contributed by atoms with Crippen molar-refractivity contribution in [2.75, 3.05) is 0 Å². The molecule has 7 heteroatoms. The van der Waals surface area contributed by atoms with Crippen LogP contribution in [0, 0.1) is 10.1 Å². The van der Waals surface area contributed by atoms with Crippen LogP contribution in [0.4, 0.5) is 5.69 Å². The number of non-ortho nitro benzene ring substituents is 1. The molecule has 0 bridgehead atoms. The number of carbonyl (C=O) groups is 1. The number of hydrogen-bond acceptors (Lipinski definition) is 6. The minimum Gasteiger partial charge on any atom is -0.338 e. The zero-order chi connectivity index (χ0) is 14.5. The van der Waals surface area contributed by atoms with Crippen LogP contribution in [0.2, 0.25) is 0 Å². The van der Waals surface area contributed by atoms with Crippen LogP contribution < -0.4 is 5.48 Å². The van der Waals surface area contributed by atoms with Gasteiger partial charge in [0.1, 0.15) is 0 Å². The molecule has 0 aliphatic carbocycles. The fourth-order valence-corrected chi connectivity index (χ4v) is 2.06. The molecule has 0 aliphatic heterocycles. The van der Waals surface area contributed by atoms with Gasteiger partial charge in [0.25, 0.3) is 5.69 Å². The number of hydrogen-bond donors (Lipinski definition) is 1. The van der Waals surface area contributed by atoms with Gasteiger partial charge in [-0.25, -0.2) is 10.3 Å². The van der Waals surface area contributed by atoms with E-state index in [1.807, 2.05) is 17.5 Å². The first-order chi connectivity index (χ1) is 9.58. The molecule has 0 saturated carbocycles. The zero-order valence-corrected chi connectivity index (χ0v) is 11.1. The smallest absolute Gasteiger partial charge is 0.338 e. The highest BCUT2D eigenvalue weighted by atomic mass is 32.1. The highest BCUT2D eigenvalue weighted by Crippen LogP contribution is 2.17. The number of carbonyl (C=O) groups excluding carboxylic acids is 1. The molecule has 0 saturated heterocycles. The van der Waals surface area contributed by atoms with Crippen molar-refractivity contribution in [3.05, 3.63) is 68.9 Å². The largest absolute Gasteiger partial charge is 0.363 e. The van der Waals surface area contributed by atoms with E-state index < -0.39 is 10.9 Å². The maximum absolute atomic E-state index is 11.7. The van der Waals surface area contributed by atoms with Gasteiger partial charge in [-0.05, 0) is 17.5 Å². The van der Waals surface area contributed by atoms with Gasteiger partial charge in [-0.2, -0.15) is 0 Å². The molecule has 1 aromatic carbocycles. The SMILES string of the molecule is C=C(NOC(=O)c1cccc([N+](=O)[O-])c1)c1cccs1. The fraction of sp³-hybridized carbons (Fsp3) is 0. The standard InChI is InChI=1S/C13H10N2O4S/c1-9(12-6-3-7-20-12)14-19-13(16)10-4-2-5-11(8-10)15(17)18/h2-8,14H,1H2. The van der Waals surface area contributed by atoms with Crippen LogP contribution in [0.25, 0.3) is 5.70 Å². The summed E-state index contributed by atoms with van der Waals surface area (Å²) >= 11 is 1.44. The molecule has 1 aromatic heterocycles. The van der Waals surface area contributed by atoms with Crippen molar-refractivity contribution < 1.29 is 14.6 Å². The Morgan fingerprint density at radius 1 is 1.35 bits per heavy atom. The van der Waals surface area contributed by atoms with Gasteiger partial charge in [0.15, 0.2) is 0 Å². The van der Waals surface area contributed by atoms with E-state index in [0.29, 0.717) is 5.70 Å². The Morgan fingerprint density at radius 3 is 2.80 bits per heavy atom. The maximum atomic E-state index is 11.7. The Kier molecular flexibility index (Phi) is 4.11. The third kappa shape index (κ3) is 3.21. The average molecular weight is 290 g/mol. The highest BCUT2D eigenvalue weighted by Gasteiger charge is 2.13. The van der Waals surface area contributed by atoms with E-state index in [1.54, 1.807) is 0 Å². The van der Waals surface area contributed by atoms with Gasteiger partial charge in [0, 0.05) is 12.1 Å². The van der Waals surface area contributed by atoms with E-state index in [0.717, 1.165) is 10.9 Å². The number of nitrogens with one attached hydrogen (secondary N) is 1. The molecule has 2 aromatic rings. The Bertz CT molecular complexity index is 652. The number of nitro benzene ring substituents is 1. The van der Waals surface area contributed by atoms with Crippen molar-refractivity contribution in [2.45, 2.75) is 0 Å². The predicted octanol–water partition coefficient (Wildman–Crippen LogP) is 2.99. The molecule has 0 spiro atoms. The van der Waals surface area contributed by atoms with Gasteiger partial charge in [-0.15, -0.1) is 11.3 Å². The molecule has 1 heterocycles. The third-order valence-electron chi connectivity index (χ3n) is 2.38. The molecule has 0 amide bonds. The molecule has 2 rings (SSSR count). The molecular formula is C13H10N2O4S. The summed E-state index contributed by atoms with van der Waals surface area (Å²) < 4.78 is 0. The lowest BCUT2D eigenvalue weighted by Crippen LogP contribution is -2.18. The summed E-state index contributed by atoms with van der Waals surface area (Å²) in [7, 11) is 0. The summed E-state index contributed by atoms with van der Waals surface area (Å²) in [4.78, 5) is 27.5. The van der Waals surface area contributed by atoms with Crippen molar-refractivity contribution in [1.82, 2.24) is 5.48 Å². The van der Waals surface area contributed by atoms with Gasteiger partial charge in [0.2, 0.25) is 0 Å². The van der Waals surface area contributed by atoms with E-state index in [9.17, 15) is 14.9 Å². The fourth-order valence-electron chi connectivity index (χ4n) is 1.41. The number of benzene rings is 1. The van der Waals surface area contributed by atoms with Gasteiger partial charge in [0.05, 0.1) is 21.1 Å². The summed E-state index contributed by atoms with van der Waals surface area (Å²) in [5, 5.41) is 12.5. The Morgan fingerprint density at radius 2 is 2.15 bits per heavy atom. The maximum Gasteiger partial charge on any atom is 0.363 e. The molecule has 6 nitrogen and oxygen atoms in total. The number of nitro groups is 1. The summed E-state index contributed by atoms with van der Waals surface area (Å²) in [6.45, 7) is 3.72. The summed E-state index contributed by atoms with van der Waals surface area (Å²) in [6, 6.07) is 8.97. The first-order valence-corrected chi connectivity index (χ1v) is 6.40. The second-order valence-corrected chi connectivity index (χ2v) is 4.70. The van der Waals surface area contributed by atoms with Crippen molar-refractivity contribution >= 4 is 28.7 Å². The van der Waals surface area contributed by atoms with Crippen molar-refractivity contribution in [3.8, 4) is 0 Å². The second-order valence-electron chi connectivity index (χ2n) is 3.75. The summed E-state index contributed by atoms with van der Waals surface area (Å²) in [5.74, 6) is -0.716. The molecule has 20 heavy (non-hydrogen) atoms. The highest BCUT2D eigenvalue weighted by molar-refractivity contribution is 7.11. The number of nitrogens with zero attached hydrogens (tertiary/aromatic N) is 1. The minimum absolute atomic E-state index is 0.0886. The van der Waals surface area contributed by atoms with Gasteiger partial charge in [-0.3, -0.25) is 10.1 Å². The average Bonchev–Trinajstić information content (AvgIpc) is 2.98. The van der Waals surface area contributed by atoms with Gasteiger partial charge >= 0.3 is 5.97 Å². The number of rotatable bonds is 5. The first-order valence-electron chi connectivity index (χ1n) is 5.52. The Labute approximate surface area is 118 Å². The van der Waals surface area contributed by atoms with E-state index >= 15 is 0 Å². The molecule has 102 valence electrons. The lowest BCUT2D eigenvalue weighted by atomic mass is 10.2. The van der Waals surface area contributed by atoms with Crippen LogP contribution in [0.15, 0.2) is 48.4 Å². The quantitative estimate of drug-likeness (QED) is 0.676. The number of hydroxylamine groups is 1. The molecule has 0 radical (unpaired) electrons. The van der Waals surface area contributed by atoms with Crippen LogP contribution in [0.1, 0.15) is 15.2 Å². The summed E-state index contributed by atoms with van der Waals surface area (Å²) in [5.41, 5.74) is 2.79. The molecule has 0 fully saturated rings.